The number of nitrogens with zero attached hydrogens (tertiary/aromatic N) is 2. The fraction of sp³-hybridized carbons (Fsp3) is 0.556. The number of nitrogens with one attached hydrogen (secondary N) is 1. The third-order valence-corrected chi connectivity index (χ3v) is 4.70. The predicted molar refractivity (Wildman–Crippen MR) is 91.1 cm³/mol. The van der Waals surface area contributed by atoms with Gasteiger partial charge in [0.15, 0.2) is 0 Å². The lowest BCUT2D eigenvalue weighted by Crippen LogP contribution is -2.47. The predicted octanol–water partition coefficient (Wildman–Crippen LogP) is 0.983. The maximum absolute atomic E-state index is 12.5. The molecule has 1 aromatic carbocycles. The Morgan fingerprint density at radius 2 is 1.79 bits per heavy atom. The zero-order valence-corrected chi connectivity index (χ0v) is 14.2. The van der Waals surface area contributed by atoms with Gasteiger partial charge in [0.05, 0.1) is 6.10 Å². The molecule has 0 radical (unpaired) electrons. The highest BCUT2D eigenvalue weighted by molar-refractivity contribution is 5.97. The first kappa shape index (κ1) is 16.9. The zero-order valence-electron chi connectivity index (χ0n) is 14.2. The molecule has 2 amide bonds. The van der Waals surface area contributed by atoms with Crippen LogP contribution in [0.15, 0.2) is 24.3 Å². The summed E-state index contributed by atoms with van der Waals surface area (Å²) < 4.78 is 5.50. The average Bonchev–Trinajstić information content (AvgIpc) is 3.13. The van der Waals surface area contributed by atoms with Gasteiger partial charge in [-0.05, 0) is 44.2 Å². The standard InChI is InChI=1S/C18H25N3O3/c1-20-8-10-21(11-9-20)18(23)15-6-4-14(5-7-15)17(22)19-13-16-3-2-12-24-16/h4-7,16H,2-3,8-13H2,1H3,(H,19,22). The molecule has 6 heteroatoms. The molecule has 6 nitrogen and oxygen atoms in total. The first-order chi connectivity index (χ1) is 11.6. The molecule has 130 valence electrons. The van der Waals surface area contributed by atoms with E-state index in [-0.39, 0.29) is 17.9 Å². The second kappa shape index (κ2) is 7.77. The van der Waals surface area contributed by atoms with Crippen molar-refractivity contribution in [1.29, 1.82) is 0 Å². The van der Waals surface area contributed by atoms with Gasteiger partial charge in [-0.1, -0.05) is 0 Å². The van der Waals surface area contributed by atoms with Crippen LogP contribution in [-0.4, -0.2) is 74.1 Å². The van der Waals surface area contributed by atoms with Crippen molar-refractivity contribution >= 4 is 11.8 Å². The Labute approximate surface area is 142 Å². The van der Waals surface area contributed by atoms with Crippen molar-refractivity contribution in [3.05, 3.63) is 35.4 Å². The van der Waals surface area contributed by atoms with E-state index >= 15 is 0 Å². The summed E-state index contributed by atoms with van der Waals surface area (Å²) in [5, 5.41) is 2.89. The summed E-state index contributed by atoms with van der Waals surface area (Å²) in [5.41, 5.74) is 1.21. The van der Waals surface area contributed by atoms with Crippen LogP contribution in [0.2, 0.25) is 0 Å². The Hall–Kier alpha value is -1.92. The summed E-state index contributed by atoms with van der Waals surface area (Å²) in [4.78, 5) is 28.7. The molecule has 3 rings (SSSR count). The van der Waals surface area contributed by atoms with Gasteiger partial charge < -0.3 is 19.9 Å². The molecule has 2 fully saturated rings. The molecule has 0 saturated carbocycles. The number of likely N-dealkylation sites (N-methyl/N-ethyl adjacent to an activating group) is 1. The Balaban J connectivity index is 1.54. The van der Waals surface area contributed by atoms with Crippen LogP contribution in [0.5, 0.6) is 0 Å². The van der Waals surface area contributed by atoms with E-state index in [9.17, 15) is 9.59 Å². The van der Waals surface area contributed by atoms with Gasteiger partial charge in [-0.25, -0.2) is 0 Å². The number of hydrogen-bond donors (Lipinski definition) is 1. The van der Waals surface area contributed by atoms with Crippen LogP contribution < -0.4 is 5.32 Å². The maximum Gasteiger partial charge on any atom is 0.253 e. The lowest BCUT2D eigenvalue weighted by atomic mass is 10.1. The fourth-order valence-corrected chi connectivity index (χ4v) is 3.07. The quantitative estimate of drug-likeness (QED) is 0.893. The van der Waals surface area contributed by atoms with Crippen LogP contribution in [0.25, 0.3) is 0 Å². The SMILES string of the molecule is CN1CCN(C(=O)c2ccc(C(=O)NCC3CCCO3)cc2)CC1. The number of benzene rings is 1. The Morgan fingerprint density at radius 3 is 2.42 bits per heavy atom. The second-order valence-electron chi connectivity index (χ2n) is 6.52. The van der Waals surface area contributed by atoms with Crippen molar-refractivity contribution in [2.75, 3.05) is 46.4 Å². The molecule has 0 bridgehead atoms. The van der Waals surface area contributed by atoms with Crippen LogP contribution in [0.1, 0.15) is 33.6 Å². The number of piperazine rings is 1. The number of rotatable bonds is 4. The molecule has 2 aliphatic rings. The van der Waals surface area contributed by atoms with E-state index < -0.39 is 0 Å². The van der Waals surface area contributed by atoms with Crippen LogP contribution in [-0.2, 0) is 4.74 Å². The van der Waals surface area contributed by atoms with Gasteiger partial charge in [0, 0.05) is 50.5 Å². The molecular formula is C18H25N3O3. The van der Waals surface area contributed by atoms with Crippen molar-refractivity contribution in [2.24, 2.45) is 0 Å². The van der Waals surface area contributed by atoms with Gasteiger partial charge >= 0.3 is 0 Å². The van der Waals surface area contributed by atoms with E-state index in [1.165, 1.54) is 0 Å². The van der Waals surface area contributed by atoms with Crippen LogP contribution in [0.4, 0.5) is 0 Å². The van der Waals surface area contributed by atoms with Gasteiger partial charge in [-0.15, -0.1) is 0 Å². The molecule has 0 aromatic heterocycles. The van der Waals surface area contributed by atoms with Gasteiger partial charge in [0.1, 0.15) is 0 Å². The highest BCUT2D eigenvalue weighted by atomic mass is 16.5. The fourth-order valence-electron chi connectivity index (χ4n) is 3.07. The van der Waals surface area contributed by atoms with E-state index in [1.54, 1.807) is 24.3 Å². The normalized spacial score (nSPS) is 21.7. The molecule has 1 atom stereocenters. The van der Waals surface area contributed by atoms with Gasteiger partial charge in [-0.2, -0.15) is 0 Å². The molecule has 1 unspecified atom stereocenters. The number of carbonyl (C=O) groups excluding carboxylic acids is 2. The first-order valence-corrected chi connectivity index (χ1v) is 8.61. The van der Waals surface area contributed by atoms with Crippen molar-refractivity contribution in [1.82, 2.24) is 15.1 Å². The van der Waals surface area contributed by atoms with Gasteiger partial charge in [-0.3, -0.25) is 9.59 Å². The number of ether oxygens (including phenoxy) is 1. The summed E-state index contributed by atoms with van der Waals surface area (Å²) in [6, 6.07) is 6.91. The molecule has 2 heterocycles. The highest BCUT2D eigenvalue weighted by Gasteiger charge is 2.21. The topological polar surface area (TPSA) is 61.9 Å². The van der Waals surface area contributed by atoms with Gasteiger partial charge in [0.25, 0.3) is 11.8 Å². The Kier molecular flexibility index (Phi) is 5.48. The van der Waals surface area contributed by atoms with E-state index in [0.29, 0.717) is 17.7 Å². The lowest BCUT2D eigenvalue weighted by Gasteiger charge is -2.32. The zero-order chi connectivity index (χ0) is 16.9. The third kappa shape index (κ3) is 4.13. The van der Waals surface area contributed by atoms with E-state index in [4.69, 9.17) is 4.74 Å². The molecule has 1 aromatic rings. The monoisotopic (exact) mass is 331 g/mol. The van der Waals surface area contributed by atoms with Crippen molar-refractivity contribution < 1.29 is 14.3 Å². The summed E-state index contributed by atoms with van der Waals surface area (Å²) in [6.07, 6.45) is 2.19. The van der Waals surface area contributed by atoms with E-state index in [0.717, 1.165) is 45.6 Å². The van der Waals surface area contributed by atoms with Crippen molar-refractivity contribution in [2.45, 2.75) is 18.9 Å². The van der Waals surface area contributed by atoms with E-state index in [1.807, 2.05) is 4.90 Å². The summed E-state index contributed by atoms with van der Waals surface area (Å²) >= 11 is 0. The largest absolute Gasteiger partial charge is 0.376 e. The molecule has 0 spiro atoms. The lowest BCUT2D eigenvalue weighted by molar-refractivity contribution is 0.0663. The minimum Gasteiger partial charge on any atom is -0.376 e. The number of amides is 2. The molecule has 2 aliphatic heterocycles. The Morgan fingerprint density at radius 1 is 1.12 bits per heavy atom. The van der Waals surface area contributed by atoms with Crippen LogP contribution in [0, 0.1) is 0 Å². The Bertz CT molecular complexity index is 574. The number of carbonyl (C=O) groups is 2. The van der Waals surface area contributed by atoms with Crippen molar-refractivity contribution in [3.63, 3.8) is 0 Å². The highest BCUT2D eigenvalue weighted by Crippen LogP contribution is 2.12. The summed E-state index contributed by atoms with van der Waals surface area (Å²) in [5.74, 6) is -0.0847. The smallest absolute Gasteiger partial charge is 0.253 e. The summed E-state index contributed by atoms with van der Waals surface area (Å²) in [7, 11) is 2.06. The molecule has 0 aliphatic carbocycles. The average molecular weight is 331 g/mol. The maximum atomic E-state index is 12.5. The molecule has 1 N–H and O–H groups in total. The second-order valence-corrected chi connectivity index (χ2v) is 6.52. The van der Waals surface area contributed by atoms with E-state index in [2.05, 4.69) is 17.3 Å². The van der Waals surface area contributed by atoms with Crippen molar-refractivity contribution in [3.8, 4) is 0 Å². The third-order valence-electron chi connectivity index (χ3n) is 4.70. The van der Waals surface area contributed by atoms with Gasteiger partial charge in [0.2, 0.25) is 0 Å². The van der Waals surface area contributed by atoms with Crippen LogP contribution in [0.3, 0.4) is 0 Å². The minimum absolute atomic E-state index is 0.0365. The van der Waals surface area contributed by atoms with Crippen LogP contribution >= 0.6 is 0 Å². The summed E-state index contributed by atoms with van der Waals surface area (Å²) in [6.45, 7) is 4.62. The molecule has 2 saturated heterocycles. The number of hydrogen-bond acceptors (Lipinski definition) is 4. The molecule has 24 heavy (non-hydrogen) atoms. The first-order valence-electron chi connectivity index (χ1n) is 8.61. The minimum atomic E-state index is -0.121. The molecular weight excluding hydrogens is 306 g/mol.